The van der Waals surface area contributed by atoms with Crippen molar-refractivity contribution in [1.82, 2.24) is 4.98 Å². The molecular formula is C16H14N4O3S. The van der Waals surface area contributed by atoms with Crippen molar-refractivity contribution < 1.29 is 14.3 Å². The molecule has 1 aromatic heterocycles. The number of thiazole rings is 1. The highest BCUT2D eigenvalue weighted by molar-refractivity contribution is 7.13. The van der Waals surface area contributed by atoms with Crippen LogP contribution in [0, 0.1) is 11.3 Å². The maximum Gasteiger partial charge on any atom is 0.340 e. The van der Waals surface area contributed by atoms with Gasteiger partial charge in [-0.05, 0) is 19.1 Å². The number of hydrogen-bond donors (Lipinski definition) is 2. The van der Waals surface area contributed by atoms with E-state index in [4.69, 9.17) is 10.00 Å². The average molecular weight is 342 g/mol. The minimum Gasteiger partial charge on any atom is -0.462 e. The summed E-state index contributed by atoms with van der Waals surface area (Å²) in [6.07, 6.45) is 2.86. The summed E-state index contributed by atoms with van der Waals surface area (Å²) in [6, 6.07) is 8.24. The Bertz CT molecular complexity index is 794. The molecule has 0 spiro atoms. The fourth-order valence-electron chi connectivity index (χ4n) is 1.75. The van der Waals surface area contributed by atoms with Crippen molar-refractivity contribution in [3.05, 3.63) is 53.2 Å². The lowest BCUT2D eigenvalue weighted by Gasteiger charge is -2.09. The molecule has 0 aliphatic rings. The van der Waals surface area contributed by atoms with Crippen molar-refractivity contribution in [3.8, 4) is 6.07 Å². The molecule has 0 radical (unpaired) electrons. The zero-order valence-electron chi connectivity index (χ0n) is 12.8. The number of hydrogen-bond acceptors (Lipinski definition) is 7. The van der Waals surface area contributed by atoms with Gasteiger partial charge in [-0.3, -0.25) is 4.79 Å². The first-order chi connectivity index (χ1) is 11.7. The van der Waals surface area contributed by atoms with E-state index in [1.54, 1.807) is 42.8 Å². The summed E-state index contributed by atoms with van der Waals surface area (Å²) in [4.78, 5) is 28.1. The lowest BCUT2D eigenvalue weighted by molar-refractivity contribution is -0.112. The summed E-state index contributed by atoms with van der Waals surface area (Å²) in [5, 5.41) is 16.8. The number of benzene rings is 1. The predicted molar refractivity (Wildman–Crippen MR) is 90.5 cm³/mol. The molecule has 24 heavy (non-hydrogen) atoms. The molecule has 0 saturated heterocycles. The Labute approximate surface area is 142 Å². The summed E-state index contributed by atoms with van der Waals surface area (Å²) < 4.78 is 4.94. The standard InChI is InChI=1S/C16H14N4O3S/c1-2-23-15(22)12-5-3-4-6-13(12)20-14(21)11(9-17)10-19-16-18-7-8-24-16/h3-8,10H,2H2,1H3,(H,18,19)(H,20,21)/b11-10-. The smallest absolute Gasteiger partial charge is 0.340 e. The van der Waals surface area contributed by atoms with Gasteiger partial charge in [-0.2, -0.15) is 5.26 Å². The van der Waals surface area contributed by atoms with Crippen LogP contribution in [0.15, 0.2) is 47.6 Å². The summed E-state index contributed by atoms with van der Waals surface area (Å²) in [6.45, 7) is 1.92. The summed E-state index contributed by atoms with van der Waals surface area (Å²) in [5.74, 6) is -1.19. The maximum atomic E-state index is 12.2. The molecule has 2 aromatic rings. The van der Waals surface area contributed by atoms with Crippen LogP contribution in [0.25, 0.3) is 0 Å². The molecule has 2 rings (SSSR count). The molecule has 0 atom stereocenters. The van der Waals surface area contributed by atoms with E-state index in [0.717, 1.165) is 0 Å². The minimum atomic E-state index is -0.640. The van der Waals surface area contributed by atoms with Crippen LogP contribution < -0.4 is 10.6 Å². The van der Waals surface area contributed by atoms with Crippen molar-refractivity contribution in [3.63, 3.8) is 0 Å². The Morgan fingerprint density at radius 2 is 2.21 bits per heavy atom. The lowest BCUT2D eigenvalue weighted by atomic mass is 10.1. The van der Waals surface area contributed by atoms with Gasteiger partial charge in [0.25, 0.3) is 5.91 Å². The first-order valence-corrected chi connectivity index (χ1v) is 7.87. The van der Waals surface area contributed by atoms with Crippen LogP contribution in [-0.4, -0.2) is 23.5 Å². The topological polar surface area (TPSA) is 104 Å². The molecule has 0 bridgehead atoms. The van der Waals surface area contributed by atoms with Gasteiger partial charge in [-0.1, -0.05) is 12.1 Å². The number of carbonyl (C=O) groups excluding carboxylic acids is 2. The number of nitrogens with zero attached hydrogens (tertiary/aromatic N) is 2. The number of rotatable bonds is 6. The summed E-state index contributed by atoms with van der Waals surface area (Å²) in [7, 11) is 0. The molecule has 0 aliphatic carbocycles. The zero-order chi connectivity index (χ0) is 17.4. The highest BCUT2D eigenvalue weighted by Crippen LogP contribution is 2.17. The van der Waals surface area contributed by atoms with Gasteiger partial charge >= 0.3 is 5.97 Å². The maximum absolute atomic E-state index is 12.2. The van der Waals surface area contributed by atoms with Gasteiger partial charge in [0.2, 0.25) is 0 Å². The second kappa shape index (κ2) is 8.45. The SMILES string of the molecule is CCOC(=O)c1ccccc1NC(=O)/C(C#N)=C\Nc1nccs1. The van der Waals surface area contributed by atoms with Gasteiger partial charge in [0, 0.05) is 17.8 Å². The van der Waals surface area contributed by atoms with Crippen LogP contribution >= 0.6 is 11.3 Å². The lowest BCUT2D eigenvalue weighted by Crippen LogP contribution is -2.17. The Morgan fingerprint density at radius 1 is 1.42 bits per heavy atom. The van der Waals surface area contributed by atoms with Crippen LogP contribution in [0.5, 0.6) is 0 Å². The quantitative estimate of drug-likeness (QED) is 0.475. The van der Waals surface area contributed by atoms with Crippen molar-refractivity contribution in [2.45, 2.75) is 6.92 Å². The van der Waals surface area contributed by atoms with E-state index in [9.17, 15) is 9.59 Å². The summed E-state index contributed by atoms with van der Waals surface area (Å²) in [5.41, 5.74) is 0.345. The highest BCUT2D eigenvalue weighted by atomic mass is 32.1. The third-order valence-corrected chi connectivity index (χ3v) is 3.51. The molecule has 0 aliphatic heterocycles. The summed E-state index contributed by atoms with van der Waals surface area (Å²) >= 11 is 1.33. The van der Waals surface area contributed by atoms with Crippen molar-refractivity contribution in [2.75, 3.05) is 17.2 Å². The van der Waals surface area contributed by atoms with E-state index < -0.39 is 11.9 Å². The van der Waals surface area contributed by atoms with Crippen molar-refractivity contribution in [2.24, 2.45) is 0 Å². The fourth-order valence-corrected chi connectivity index (χ4v) is 2.25. The van der Waals surface area contributed by atoms with Gasteiger partial charge < -0.3 is 15.4 Å². The largest absolute Gasteiger partial charge is 0.462 e. The molecule has 0 fully saturated rings. The first kappa shape index (κ1) is 17.2. The Morgan fingerprint density at radius 3 is 2.88 bits per heavy atom. The Kier molecular flexibility index (Phi) is 6.05. The molecular weight excluding hydrogens is 328 g/mol. The molecule has 1 amide bonds. The third-order valence-electron chi connectivity index (χ3n) is 2.81. The van der Waals surface area contributed by atoms with E-state index in [-0.39, 0.29) is 23.4 Å². The van der Waals surface area contributed by atoms with Gasteiger partial charge in [-0.25, -0.2) is 9.78 Å². The molecule has 1 aromatic carbocycles. The second-order valence-corrected chi connectivity index (χ2v) is 5.27. The molecule has 7 nitrogen and oxygen atoms in total. The first-order valence-electron chi connectivity index (χ1n) is 6.99. The second-order valence-electron chi connectivity index (χ2n) is 4.37. The third kappa shape index (κ3) is 4.41. The van der Waals surface area contributed by atoms with Crippen molar-refractivity contribution >= 4 is 34.0 Å². The zero-order valence-corrected chi connectivity index (χ0v) is 13.6. The number of anilines is 2. The normalized spacial score (nSPS) is 10.6. The van der Waals surface area contributed by atoms with E-state index in [0.29, 0.717) is 5.13 Å². The molecule has 122 valence electrons. The molecule has 0 unspecified atom stereocenters. The fraction of sp³-hybridized carbons (Fsp3) is 0.125. The van der Waals surface area contributed by atoms with Crippen LogP contribution in [0.2, 0.25) is 0 Å². The number of aromatic nitrogens is 1. The molecule has 1 heterocycles. The number of para-hydroxylation sites is 1. The van der Waals surface area contributed by atoms with E-state index >= 15 is 0 Å². The molecule has 8 heteroatoms. The number of ether oxygens (including phenoxy) is 1. The number of carbonyl (C=O) groups is 2. The monoisotopic (exact) mass is 342 g/mol. The van der Waals surface area contributed by atoms with E-state index in [2.05, 4.69) is 15.6 Å². The van der Waals surface area contributed by atoms with Crippen molar-refractivity contribution in [1.29, 1.82) is 5.26 Å². The van der Waals surface area contributed by atoms with E-state index in [1.807, 2.05) is 0 Å². The minimum absolute atomic E-state index is 0.149. The highest BCUT2D eigenvalue weighted by Gasteiger charge is 2.16. The van der Waals surface area contributed by atoms with E-state index in [1.165, 1.54) is 23.6 Å². The number of amides is 1. The number of nitrogens with one attached hydrogen (secondary N) is 2. The van der Waals surface area contributed by atoms with Crippen LogP contribution in [0.4, 0.5) is 10.8 Å². The number of esters is 1. The Balaban J connectivity index is 2.15. The molecule has 0 saturated carbocycles. The number of nitriles is 1. The van der Waals surface area contributed by atoms with Gasteiger partial charge in [0.05, 0.1) is 17.9 Å². The average Bonchev–Trinajstić information content (AvgIpc) is 3.09. The van der Waals surface area contributed by atoms with Gasteiger partial charge in [-0.15, -0.1) is 11.3 Å². The van der Waals surface area contributed by atoms with Crippen LogP contribution in [0.1, 0.15) is 17.3 Å². The predicted octanol–water partition coefficient (Wildman–Crippen LogP) is 2.78. The van der Waals surface area contributed by atoms with Gasteiger partial charge in [0.15, 0.2) is 5.13 Å². The van der Waals surface area contributed by atoms with Gasteiger partial charge in [0.1, 0.15) is 11.6 Å². The van der Waals surface area contributed by atoms with Crippen LogP contribution in [-0.2, 0) is 9.53 Å². The molecule has 2 N–H and O–H groups in total. The Hall–Kier alpha value is -3.18. The van der Waals surface area contributed by atoms with Crippen LogP contribution in [0.3, 0.4) is 0 Å².